The topological polar surface area (TPSA) is 46.2 Å². The van der Waals surface area contributed by atoms with Crippen molar-refractivity contribution in [3.05, 3.63) is 29.8 Å². The van der Waals surface area contributed by atoms with Crippen molar-refractivity contribution in [2.45, 2.75) is 4.90 Å². The Balaban J connectivity index is 3.40. The summed E-state index contributed by atoms with van der Waals surface area (Å²) in [5.41, 5.74) is 0. The van der Waals surface area contributed by atoms with Gasteiger partial charge < -0.3 is 0 Å². The van der Waals surface area contributed by atoms with Crippen LogP contribution in [0.25, 0.3) is 0 Å². The Morgan fingerprint density at radius 2 is 1.85 bits per heavy atom. The molecule has 0 spiro atoms. The minimum Gasteiger partial charge on any atom is -0.205 e. The van der Waals surface area contributed by atoms with Gasteiger partial charge in [-0.3, -0.25) is 0 Å². The molecule has 1 aromatic carbocycles. The van der Waals surface area contributed by atoms with E-state index in [-0.39, 0.29) is 0 Å². The van der Waals surface area contributed by atoms with E-state index in [1.54, 1.807) is 0 Å². The Labute approximate surface area is 72.2 Å². The van der Waals surface area contributed by atoms with Crippen LogP contribution in [0.3, 0.4) is 0 Å². The smallest absolute Gasteiger partial charge is 0.205 e. The van der Waals surface area contributed by atoms with E-state index in [9.17, 15) is 21.7 Å². The molecule has 72 valence electrons. The third kappa shape index (κ3) is 1.81. The minimum atomic E-state index is -4.58. The monoisotopic (exact) mass is 211 g/mol. The van der Waals surface area contributed by atoms with Crippen molar-refractivity contribution in [1.29, 1.82) is 0 Å². The maximum atomic E-state index is 12.7. The van der Waals surface area contributed by atoms with Crippen LogP contribution in [0.15, 0.2) is 23.1 Å². The van der Waals surface area contributed by atoms with Crippen LogP contribution in [0.2, 0.25) is 0 Å². The molecule has 0 aromatic heterocycles. The summed E-state index contributed by atoms with van der Waals surface area (Å²) in [6.45, 7) is 0. The highest BCUT2D eigenvalue weighted by Crippen LogP contribution is 2.16. The van der Waals surface area contributed by atoms with E-state index in [4.69, 9.17) is 0 Å². The molecule has 0 unspecified atom stereocenters. The van der Waals surface area contributed by atoms with Gasteiger partial charge in [0, 0.05) is 0 Å². The van der Waals surface area contributed by atoms with Crippen molar-refractivity contribution in [3.63, 3.8) is 0 Å². The van der Waals surface area contributed by atoms with Crippen molar-refractivity contribution in [2.75, 3.05) is 0 Å². The Kier molecular flexibility index (Phi) is 2.58. The third-order valence-corrected chi connectivity index (χ3v) is 2.40. The second kappa shape index (κ2) is 3.35. The molecule has 0 amide bonds. The molecule has 1 N–H and O–H groups in total. The average molecular weight is 211 g/mol. The molecule has 13 heavy (non-hydrogen) atoms. The van der Waals surface area contributed by atoms with E-state index in [1.165, 1.54) is 0 Å². The predicted molar refractivity (Wildman–Crippen MR) is 37.8 cm³/mol. The largest absolute Gasteiger partial charge is 0.269 e. The van der Waals surface area contributed by atoms with Crippen molar-refractivity contribution >= 4 is 10.0 Å². The van der Waals surface area contributed by atoms with E-state index in [0.29, 0.717) is 4.94 Å². The van der Waals surface area contributed by atoms with Gasteiger partial charge in [-0.1, -0.05) is 6.07 Å². The lowest BCUT2D eigenvalue weighted by atomic mass is 10.3. The molecule has 7 heteroatoms. The Morgan fingerprint density at radius 1 is 1.23 bits per heavy atom. The quantitative estimate of drug-likeness (QED) is 0.745. The van der Waals surface area contributed by atoms with E-state index in [0.717, 1.165) is 18.2 Å². The molecule has 0 aliphatic heterocycles. The van der Waals surface area contributed by atoms with Crippen LogP contribution in [0.4, 0.5) is 13.3 Å². The van der Waals surface area contributed by atoms with Crippen molar-refractivity contribution < 1.29 is 21.7 Å². The van der Waals surface area contributed by atoms with Crippen LogP contribution < -0.4 is 4.94 Å². The Hall–Kier alpha value is -1.08. The van der Waals surface area contributed by atoms with Gasteiger partial charge in [-0.05, 0) is 17.1 Å². The molecular weight excluding hydrogens is 207 g/mol. The van der Waals surface area contributed by atoms with Gasteiger partial charge >= 0.3 is 0 Å². The van der Waals surface area contributed by atoms with Crippen LogP contribution in [0.1, 0.15) is 0 Å². The third-order valence-electron chi connectivity index (χ3n) is 1.31. The van der Waals surface area contributed by atoms with Crippen LogP contribution in [0, 0.1) is 11.6 Å². The fourth-order valence-corrected chi connectivity index (χ4v) is 1.41. The SMILES string of the molecule is O=S(=O)(NF)c1cccc(F)c1F. The molecule has 0 aliphatic rings. The van der Waals surface area contributed by atoms with Gasteiger partial charge in [0.2, 0.25) is 0 Å². The molecule has 0 atom stereocenters. The zero-order chi connectivity index (χ0) is 10.1. The second-order valence-electron chi connectivity index (χ2n) is 2.13. The van der Waals surface area contributed by atoms with Gasteiger partial charge in [-0.15, -0.1) is 4.48 Å². The van der Waals surface area contributed by atoms with Gasteiger partial charge in [0.1, 0.15) is 4.90 Å². The zero-order valence-corrected chi connectivity index (χ0v) is 6.91. The van der Waals surface area contributed by atoms with Gasteiger partial charge in [0.05, 0.1) is 0 Å². The van der Waals surface area contributed by atoms with Crippen LogP contribution >= 0.6 is 0 Å². The maximum absolute atomic E-state index is 12.7. The number of benzene rings is 1. The fourth-order valence-electron chi connectivity index (χ4n) is 0.733. The van der Waals surface area contributed by atoms with Crippen LogP contribution in [0.5, 0.6) is 0 Å². The summed E-state index contributed by atoms with van der Waals surface area (Å²) in [5, 5.41) is 0. The fraction of sp³-hybridized carbons (Fsp3) is 0. The van der Waals surface area contributed by atoms with E-state index >= 15 is 0 Å². The number of rotatable bonds is 2. The van der Waals surface area contributed by atoms with Crippen molar-refractivity contribution in [1.82, 2.24) is 4.94 Å². The molecule has 0 saturated heterocycles. The first-order valence-electron chi connectivity index (χ1n) is 3.05. The van der Waals surface area contributed by atoms with E-state index in [2.05, 4.69) is 0 Å². The number of hydrogen-bond acceptors (Lipinski definition) is 2. The molecule has 3 nitrogen and oxygen atoms in total. The maximum Gasteiger partial charge on any atom is 0.269 e. The van der Waals surface area contributed by atoms with E-state index < -0.39 is 26.6 Å². The van der Waals surface area contributed by atoms with E-state index in [1.807, 2.05) is 0 Å². The highest BCUT2D eigenvalue weighted by atomic mass is 32.2. The number of nitrogens with one attached hydrogen (secondary N) is 1. The lowest BCUT2D eigenvalue weighted by Gasteiger charge is -2.01. The molecular formula is C6H4F3NO2S. The molecule has 1 rings (SSSR count). The van der Waals surface area contributed by atoms with Gasteiger partial charge in [0.25, 0.3) is 10.0 Å². The summed E-state index contributed by atoms with van der Waals surface area (Å²) in [6, 6.07) is 2.44. The highest BCUT2D eigenvalue weighted by Gasteiger charge is 2.20. The molecule has 0 saturated carbocycles. The lowest BCUT2D eigenvalue weighted by Crippen LogP contribution is -2.16. The van der Waals surface area contributed by atoms with Gasteiger partial charge in [-0.2, -0.15) is 0 Å². The van der Waals surface area contributed by atoms with Crippen LogP contribution in [-0.2, 0) is 10.0 Å². The van der Waals surface area contributed by atoms with Gasteiger partial charge in [-0.25, -0.2) is 17.2 Å². The molecule has 0 fully saturated rings. The van der Waals surface area contributed by atoms with Crippen molar-refractivity contribution in [3.8, 4) is 0 Å². The molecule has 0 bridgehead atoms. The Bertz CT molecular complexity index is 418. The number of hydrogen-bond donors (Lipinski definition) is 1. The first-order chi connectivity index (χ1) is 5.99. The standard InChI is InChI=1S/C6H4F3NO2S/c7-4-2-1-3-5(6(4)8)13(11,12)10-9/h1-3,10H. The Morgan fingerprint density at radius 3 is 2.38 bits per heavy atom. The summed E-state index contributed by atoms with van der Waals surface area (Å²) in [6.07, 6.45) is 0. The average Bonchev–Trinajstić information content (AvgIpc) is 2.09. The zero-order valence-electron chi connectivity index (χ0n) is 6.09. The normalized spacial score (nSPS) is 11.6. The number of halogens is 3. The van der Waals surface area contributed by atoms with Crippen LogP contribution in [-0.4, -0.2) is 8.42 Å². The predicted octanol–water partition coefficient (Wildman–Crippen LogP) is 1.13. The number of sulfonamides is 1. The first kappa shape index (κ1) is 10.0. The minimum absolute atomic E-state index is 0.391. The summed E-state index contributed by atoms with van der Waals surface area (Å²) >= 11 is 0. The molecule has 0 aliphatic carbocycles. The first-order valence-corrected chi connectivity index (χ1v) is 4.54. The summed E-state index contributed by atoms with van der Waals surface area (Å²) in [4.78, 5) is -0.669. The molecule has 1 aromatic rings. The summed E-state index contributed by atoms with van der Waals surface area (Å²) in [7, 11) is -4.58. The lowest BCUT2D eigenvalue weighted by molar-refractivity contribution is 0.419. The second-order valence-corrected chi connectivity index (χ2v) is 3.73. The van der Waals surface area contributed by atoms with Crippen molar-refractivity contribution in [2.24, 2.45) is 0 Å². The highest BCUT2D eigenvalue weighted by molar-refractivity contribution is 7.89. The molecule has 0 heterocycles. The van der Waals surface area contributed by atoms with Gasteiger partial charge in [0.15, 0.2) is 11.6 Å². The summed E-state index contributed by atoms with van der Waals surface area (Å²) < 4.78 is 58.2. The molecule has 0 radical (unpaired) electrons. The summed E-state index contributed by atoms with van der Waals surface area (Å²) in [5.74, 6) is -2.95.